The molecule has 1 amide bonds. The molecule has 0 aliphatic carbocycles. The van der Waals surface area contributed by atoms with Crippen molar-refractivity contribution in [1.82, 2.24) is 15.2 Å². The van der Waals surface area contributed by atoms with E-state index in [2.05, 4.69) is 10.3 Å². The molecule has 2 rings (SSSR count). The van der Waals surface area contributed by atoms with Crippen molar-refractivity contribution >= 4 is 5.91 Å². The lowest BCUT2D eigenvalue weighted by Gasteiger charge is -2.27. The highest BCUT2D eigenvalue weighted by atomic mass is 16.2. The minimum absolute atomic E-state index is 0.246. The molecule has 1 N–H and O–H groups in total. The van der Waals surface area contributed by atoms with E-state index in [1.807, 2.05) is 30.3 Å². The molecule has 2 heterocycles. The smallest absolute Gasteiger partial charge is 0.222 e. The molecule has 0 spiro atoms. The van der Waals surface area contributed by atoms with E-state index in [1.165, 1.54) is 0 Å². The van der Waals surface area contributed by atoms with Gasteiger partial charge in [0.15, 0.2) is 0 Å². The molecular weight excluding hydrogens is 238 g/mol. The van der Waals surface area contributed by atoms with Crippen LogP contribution < -0.4 is 5.32 Å². The highest BCUT2D eigenvalue weighted by molar-refractivity contribution is 5.76. The van der Waals surface area contributed by atoms with E-state index in [9.17, 15) is 4.79 Å². The Labute approximate surface area is 115 Å². The molecule has 4 heteroatoms. The van der Waals surface area contributed by atoms with Gasteiger partial charge in [0.25, 0.3) is 0 Å². The summed E-state index contributed by atoms with van der Waals surface area (Å²) in [6.07, 6.45) is 8.29. The van der Waals surface area contributed by atoms with Crippen molar-refractivity contribution in [2.45, 2.75) is 38.1 Å². The van der Waals surface area contributed by atoms with Gasteiger partial charge in [-0.2, -0.15) is 0 Å². The lowest BCUT2D eigenvalue weighted by Crippen LogP contribution is -2.37. The number of carbonyl (C=O) groups is 1. The molecule has 0 bridgehead atoms. The van der Waals surface area contributed by atoms with Crippen molar-refractivity contribution in [1.29, 1.82) is 0 Å². The van der Waals surface area contributed by atoms with E-state index >= 15 is 0 Å². The van der Waals surface area contributed by atoms with Crippen LogP contribution in [0.5, 0.6) is 0 Å². The topological polar surface area (TPSA) is 45.2 Å². The molecule has 1 atom stereocenters. The van der Waals surface area contributed by atoms with Crippen LogP contribution in [0.25, 0.3) is 0 Å². The van der Waals surface area contributed by atoms with Gasteiger partial charge >= 0.3 is 0 Å². The van der Waals surface area contributed by atoms with Gasteiger partial charge in [-0.1, -0.05) is 6.07 Å². The zero-order valence-electron chi connectivity index (χ0n) is 11.6. The number of nitrogens with zero attached hydrogens (tertiary/aromatic N) is 2. The van der Waals surface area contributed by atoms with Gasteiger partial charge in [0, 0.05) is 31.9 Å². The Hall–Kier alpha value is -1.42. The van der Waals surface area contributed by atoms with Gasteiger partial charge in [0.1, 0.15) is 0 Å². The highest BCUT2D eigenvalue weighted by Crippen LogP contribution is 2.13. The van der Waals surface area contributed by atoms with Gasteiger partial charge in [0.2, 0.25) is 5.91 Å². The maximum absolute atomic E-state index is 12.2. The second-order valence-electron chi connectivity index (χ2n) is 5.20. The monoisotopic (exact) mass is 261 g/mol. The van der Waals surface area contributed by atoms with Crippen LogP contribution in [0.15, 0.2) is 24.5 Å². The molecule has 0 radical (unpaired) electrons. The normalized spacial score (nSPS) is 19.7. The molecular formula is C15H23N3O. The summed E-state index contributed by atoms with van der Waals surface area (Å²) in [6, 6.07) is 4.34. The van der Waals surface area contributed by atoms with Crippen LogP contribution in [0.2, 0.25) is 0 Å². The minimum Gasteiger partial charge on any atom is -0.343 e. The van der Waals surface area contributed by atoms with E-state index in [0.29, 0.717) is 12.5 Å². The van der Waals surface area contributed by atoms with Crippen LogP contribution in [-0.2, 0) is 11.2 Å². The summed E-state index contributed by atoms with van der Waals surface area (Å²) in [7, 11) is 1.95. The Morgan fingerprint density at radius 3 is 3.16 bits per heavy atom. The molecule has 104 valence electrons. The molecule has 1 aliphatic heterocycles. The van der Waals surface area contributed by atoms with Gasteiger partial charge in [-0.25, -0.2) is 0 Å². The number of hydrogen-bond donors (Lipinski definition) is 1. The number of carbonyl (C=O) groups excluding carboxylic acids is 1. The average molecular weight is 261 g/mol. The summed E-state index contributed by atoms with van der Waals surface area (Å²) >= 11 is 0. The van der Waals surface area contributed by atoms with E-state index in [1.54, 1.807) is 6.20 Å². The third-order valence-electron chi connectivity index (χ3n) is 3.84. The summed E-state index contributed by atoms with van der Waals surface area (Å²) < 4.78 is 0. The average Bonchev–Trinajstić information content (AvgIpc) is 2.74. The van der Waals surface area contributed by atoms with Crippen LogP contribution in [0, 0.1) is 0 Å². The maximum Gasteiger partial charge on any atom is 0.222 e. The van der Waals surface area contributed by atoms with Crippen LogP contribution in [-0.4, -0.2) is 42.0 Å². The Bertz CT molecular complexity index is 386. The lowest BCUT2D eigenvalue weighted by atomic mass is 10.1. The first kappa shape index (κ1) is 14.0. The molecule has 0 saturated carbocycles. The SMILES string of the molecule is CN(C(=O)CCc1cccnc1)C1CCCNCC1. The summed E-state index contributed by atoms with van der Waals surface area (Å²) in [4.78, 5) is 18.2. The van der Waals surface area contributed by atoms with Crippen LogP contribution >= 0.6 is 0 Å². The first-order chi connectivity index (χ1) is 9.27. The Balaban J connectivity index is 1.81. The minimum atomic E-state index is 0.246. The molecule has 1 aromatic rings. The fourth-order valence-electron chi connectivity index (χ4n) is 2.57. The van der Waals surface area contributed by atoms with Gasteiger partial charge in [-0.15, -0.1) is 0 Å². The molecule has 1 aromatic heterocycles. The highest BCUT2D eigenvalue weighted by Gasteiger charge is 2.20. The Morgan fingerprint density at radius 1 is 1.47 bits per heavy atom. The first-order valence-electron chi connectivity index (χ1n) is 7.12. The van der Waals surface area contributed by atoms with E-state index < -0.39 is 0 Å². The van der Waals surface area contributed by atoms with Crippen LogP contribution in [0.4, 0.5) is 0 Å². The largest absolute Gasteiger partial charge is 0.343 e. The lowest BCUT2D eigenvalue weighted by molar-refractivity contribution is -0.132. The standard InChI is InChI=1S/C15H23N3O/c1-18(14-5-3-9-16-11-8-14)15(19)7-6-13-4-2-10-17-12-13/h2,4,10,12,14,16H,3,5-9,11H2,1H3. The van der Waals surface area contributed by atoms with Crippen LogP contribution in [0.3, 0.4) is 0 Å². The molecule has 1 saturated heterocycles. The Morgan fingerprint density at radius 2 is 2.37 bits per heavy atom. The van der Waals surface area contributed by atoms with Crippen LogP contribution in [0.1, 0.15) is 31.2 Å². The van der Waals surface area contributed by atoms with Gasteiger partial charge < -0.3 is 10.2 Å². The zero-order chi connectivity index (χ0) is 13.5. The second kappa shape index (κ2) is 7.24. The van der Waals surface area contributed by atoms with Crippen molar-refractivity contribution in [2.75, 3.05) is 20.1 Å². The van der Waals surface area contributed by atoms with Crippen molar-refractivity contribution in [3.8, 4) is 0 Å². The number of aromatic nitrogens is 1. The zero-order valence-corrected chi connectivity index (χ0v) is 11.6. The number of aryl methyl sites for hydroxylation is 1. The van der Waals surface area contributed by atoms with Crippen molar-refractivity contribution < 1.29 is 4.79 Å². The summed E-state index contributed by atoms with van der Waals surface area (Å²) in [5, 5.41) is 3.38. The molecule has 1 unspecified atom stereocenters. The predicted octanol–water partition coefficient (Wildman–Crippen LogP) is 1.61. The molecule has 1 fully saturated rings. The number of pyridine rings is 1. The molecule has 0 aromatic carbocycles. The Kier molecular flexibility index (Phi) is 5.33. The number of rotatable bonds is 4. The maximum atomic E-state index is 12.2. The summed E-state index contributed by atoms with van der Waals surface area (Å²) in [5.41, 5.74) is 1.13. The fraction of sp³-hybridized carbons (Fsp3) is 0.600. The van der Waals surface area contributed by atoms with Gasteiger partial charge in [-0.3, -0.25) is 9.78 Å². The molecule has 4 nitrogen and oxygen atoms in total. The third kappa shape index (κ3) is 4.31. The molecule has 19 heavy (non-hydrogen) atoms. The van der Waals surface area contributed by atoms with E-state index in [-0.39, 0.29) is 5.91 Å². The third-order valence-corrected chi connectivity index (χ3v) is 3.84. The van der Waals surface area contributed by atoms with E-state index in [4.69, 9.17) is 0 Å². The van der Waals surface area contributed by atoms with Gasteiger partial charge in [-0.05, 0) is 50.4 Å². The summed E-state index contributed by atoms with van der Waals surface area (Å²) in [5.74, 6) is 0.246. The van der Waals surface area contributed by atoms with Crippen molar-refractivity contribution in [3.63, 3.8) is 0 Å². The number of amides is 1. The quantitative estimate of drug-likeness (QED) is 0.895. The van der Waals surface area contributed by atoms with E-state index in [0.717, 1.165) is 44.3 Å². The fourth-order valence-corrected chi connectivity index (χ4v) is 2.57. The number of hydrogen-bond acceptors (Lipinski definition) is 3. The van der Waals surface area contributed by atoms with Gasteiger partial charge in [0.05, 0.1) is 0 Å². The second-order valence-corrected chi connectivity index (χ2v) is 5.20. The predicted molar refractivity (Wildman–Crippen MR) is 75.8 cm³/mol. The first-order valence-corrected chi connectivity index (χ1v) is 7.12. The molecule has 1 aliphatic rings. The van der Waals surface area contributed by atoms with Crippen molar-refractivity contribution in [2.24, 2.45) is 0 Å². The van der Waals surface area contributed by atoms with Crippen molar-refractivity contribution in [3.05, 3.63) is 30.1 Å². The summed E-state index contributed by atoms with van der Waals surface area (Å²) in [6.45, 7) is 2.10. The number of nitrogens with one attached hydrogen (secondary N) is 1.